The molecular formula is C37H65NO11. The number of carbonyl (C=O) groups excluding carboxylic acids is 1. The van der Waals surface area contributed by atoms with Gasteiger partial charge in [-0.3, -0.25) is 4.79 Å². The van der Waals surface area contributed by atoms with Crippen molar-refractivity contribution in [1.29, 1.82) is 0 Å². The Morgan fingerprint density at radius 3 is 2.18 bits per heavy atom. The van der Waals surface area contributed by atoms with Crippen LogP contribution in [0.1, 0.15) is 94.9 Å². The summed E-state index contributed by atoms with van der Waals surface area (Å²) in [5.41, 5.74) is -0.930. The number of aliphatic hydroxyl groups excluding tert-OH is 3. The van der Waals surface area contributed by atoms with Crippen LogP contribution in [0, 0.1) is 23.7 Å². The topological polar surface area (TPSA) is 146 Å². The van der Waals surface area contributed by atoms with Crippen molar-refractivity contribution < 1.29 is 53.3 Å². The van der Waals surface area contributed by atoms with E-state index in [4.69, 9.17) is 33.2 Å². The Hall–Kier alpha value is -1.35. The van der Waals surface area contributed by atoms with Crippen LogP contribution in [0.2, 0.25) is 0 Å². The van der Waals surface area contributed by atoms with Crippen LogP contribution in [0.25, 0.3) is 0 Å². The molecule has 284 valence electrons. The minimum atomic E-state index is -0.989. The van der Waals surface area contributed by atoms with Crippen LogP contribution in [0.3, 0.4) is 0 Å². The van der Waals surface area contributed by atoms with Gasteiger partial charge in [-0.15, -0.1) is 0 Å². The van der Waals surface area contributed by atoms with Gasteiger partial charge in [0.05, 0.1) is 35.9 Å². The maximum Gasteiger partial charge on any atom is 0.311 e. The van der Waals surface area contributed by atoms with Crippen LogP contribution in [-0.4, -0.2) is 126 Å². The number of likely N-dealkylation sites (N-methyl/N-ethyl adjacent to an activating group) is 1. The SMILES string of the molecule is CC[C@H]1OC(=O)[C@H](C)[C@@H](O[C@H]2C[C@@](C)(OC)[C@@H](O)[C@H](C)O2)[C@H](C)[C@@H](O[C@@H]2O[C@H](C)C[C@H](N(C)C)[C@H]2O)C2(C)CC(C)=C(O2)[C@H](C)[C@@H](O)[C@H]1C. The Bertz CT molecular complexity index is 1170. The quantitative estimate of drug-likeness (QED) is 0.333. The Morgan fingerprint density at radius 1 is 0.939 bits per heavy atom. The number of nitrogens with zero attached hydrogens (tertiary/aromatic N) is 1. The Labute approximate surface area is 293 Å². The average molecular weight is 700 g/mol. The molecule has 0 aromatic heterocycles. The highest BCUT2D eigenvalue weighted by Crippen LogP contribution is 2.47. The average Bonchev–Trinajstić information content (AvgIpc) is 3.36. The summed E-state index contributed by atoms with van der Waals surface area (Å²) in [6.45, 7) is 19.0. The van der Waals surface area contributed by atoms with Crippen molar-refractivity contribution in [2.75, 3.05) is 21.2 Å². The van der Waals surface area contributed by atoms with Crippen molar-refractivity contribution in [3.63, 3.8) is 0 Å². The van der Waals surface area contributed by atoms with E-state index in [0.717, 1.165) is 5.57 Å². The summed E-state index contributed by atoms with van der Waals surface area (Å²) in [6, 6.07) is -0.203. The molecule has 0 aromatic carbocycles. The van der Waals surface area contributed by atoms with Gasteiger partial charge in [-0.25, -0.2) is 0 Å². The molecule has 12 nitrogen and oxygen atoms in total. The van der Waals surface area contributed by atoms with E-state index in [1.54, 1.807) is 21.0 Å². The molecule has 2 bridgehead atoms. The van der Waals surface area contributed by atoms with E-state index in [0.29, 0.717) is 25.0 Å². The summed E-state index contributed by atoms with van der Waals surface area (Å²) < 4.78 is 45.0. The van der Waals surface area contributed by atoms with E-state index < -0.39 is 84.3 Å². The number of cyclic esters (lactones) is 1. The number of hydrogen-bond donors (Lipinski definition) is 3. The second-order valence-corrected chi connectivity index (χ2v) is 16.1. The van der Waals surface area contributed by atoms with E-state index in [1.165, 1.54) is 0 Å². The first kappa shape index (κ1) is 40.4. The molecule has 0 saturated carbocycles. The molecule has 3 saturated heterocycles. The van der Waals surface area contributed by atoms with Crippen LogP contribution in [0.4, 0.5) is 0 Å². The summed E-state index contributed by atoms with van der Waals surface area (Å²) in [5.74, 6) is -1.87. The summed E-state index contributed by atoms with van der Waals surface area (Å²) in [6.07, 6.45) is -5.56. The minimum Gasteiger partial charge on any atom is -0.489 e. The van der Waals surface area contributed by atoms with Crippen molar-refractivity contribution in [1.82, 2.24) is 4.90 Å². The van der Waals surface area contributed by atoms with Gasteiger partial charge in [0, 0.05) is 43.7 Å². The molecule has 4 heterocycles. The van der Waals surface area contributed by atoms with E-state index >= 15 is 0 Å². The monoisotopic (exact) mass is 699 g/mol. The number of esters is 1. The maximum atomic E-state index is 14.1. The maximum absolute atomic E-state index is 14.1. The van der Waals surface area contributed by atoms with E-state index in [2.05, 4.69) is 0 Å². The van der Waals surface area contributed by atoms with Gasteiger partial charge < -0.3 is 53.4 Å². The molecule has 0 spiro atoms. The van der Waals surface area contributed by atoms with Crippen LogP contribution in [0.15, 0.2) is 11.3 Å². The van der Waals surface area contributed by atoms with Crippen LogP contribution in [0.5, 0.6) is 0 Å². The van der Waals surface area contributed by atoms with Gasteiger partial charge in [0.25, 0.3) is 0 Å². The number of hydrogen-bond acceptors (Lipinski definition) is 12. The van der Waals surface area contributed by atoms with Gasteiger partial charge in [0.2, 0.25) is 0 Å². The molecule has 12 heteroatoms. The standard InChI is InChI=1S/C37H65NO11/c1-14-26-20(4)28(39)21(5)30-18(2)16-37(10,49-30)33(48-35-29(40)25(38(11)12)15-19(3)44-35)22(6)31(23(7)34(42)46-26)47-27-17-36(9,43-13)32(41)24(8)45-27/h19-29,31-33,35,39-41H,14-17H2,1-13H3/t19-,20+,21-,22+,23-,24+,25+,26-,27+,28+,29-,31+,32+,33-,35+,36-,37?/m1/s1. The second-order valence-electron chi connectivity index (χ2n) is 16.1. The molecule has 4 rings (SSSR count). The van der Waals surface area contributed by atoms with Gasteiger partial charge in [0.15, 0.2) is 12.6 Å². The second kappa shape index (κ2) is 15.7. The van der Waals surface area contributed by atoms with Gasteiger partial charge in [-0.2, -0.15) is 0 Å². The van der Waals surface area contributed by atoms with Crippen molar-refractivity contribution in [2.24, 2.45) is 23.7 Å². The lowest BCUT2D eigenvalue weighted by molar-refractivity contribution is -0.316. The van der Waals surface area contributed by atoms with Crippen molar-refractivity contribution >= 4 is 5.97 Å². The van der Waals surface area contributed by atoms with Crippen molar-refractivity contribution in [2.45, 2.75) is 174 Å². The number of aliphatic hydroxyl groups is 3. The summed E-state index contributed by atoms with van der Waals surface area (Å²) in [5, 5.41) is 34.1. The Morgan fingerprint density at radius 2 is 1.59 bits per heavy atom. The van der Waals surface area contributed by atoms with Crippen LogP contribution in [-0.2, 0) is 38.0 Å². The van der Waals surface area contributed by atoms with Gasteiger partial charge in [-0.05, 0) is 74.1 Å². The number of ether oxygens (including phenoxy) is 7. The molecule has 4 aliphatic rings. The van der Waals surface area contributed by atoms with Gasteiger partial charge >= 0.3 is 5.97 Å². The zero-order valence-corrected chi connectivity index (χ0v) is 32.0. The molecule has 3 N–H and O–H groups in total. The molecule has 0 amide bonds. The third kappa shape index (κ3) is 8.18. The molecule has 4 aliphatic heterocycles. The zero-order chi connectivity index (χ0) is 36.7. The van der Waals surface area contributed by atoms with E-state index in [-0.39, 0.29) is 30.4 Å². The molecule has 0 radical (unpaired) electrons. The highest BCUT2D eigenvalue weighted by molar-refractivity contribution is 5.73. The lowest BCUT2D eigenvalue weighted by Gasteiger charge is -2.48. The largest absolute Gasteiger partial charge is 0.489 e. The van der Waals surface area contributed by atoms with Gasteiger partial charge in [0.1, 0.15) is 35.8 Å². The predicted octanol–water partition coefficient (Wildman–Crippen LogP) is 3.78. The molecular weight excluding hydrogens is 634 g/mol. The first-order chi connectivity index (χ1) is 22.8. The lowest BCUT2D eigenvalue weighted by atomic mass is 9.79. The van der Waals surface area contributed by atoms with E-state index in [1.807, 2.05) is 74.4 Å². The normalized spacial score (nSPS) is 48.8. The highest BCUT2D eigenvalue weighted by Gasteiger charge is 2.55. The fraction of sp³-hybridized carbons (Fsp3) is 0.919. The third-order valence-corrected chi connectivity index (χ3v) is 11.9. The van der Waals surface area contributed by atoms with Crippen molar-refractivity contribution in [3.8, 4) is 0 Å². The molecule has 0 aromatic rings. The van der Waals surface area contributed by atoms with Crippen LogP contribution >= 0.6 is 0 Å². The third-order valence-electron chi connectivity index (χ3n) is 11.9. The Balaban J connectivity index is 1.82. The summed E-state index contributed by atoms with van der Waals surface area (Å²) in [7, 11) is 5.40. The number of carbonyl (C=O) groups is 1. The molecule has 3 fully saturated rings. The number of fused-ring (bicyclic) bond motifs is 2. The fourth-order valence-corrected chi connectivity index (χ4v) is 8.67. The summed E-state index contributed by atoms with van der Waals surface area (Å²) >= 11 is 0. The first-order valence-electron chi connectivity index (χ1n) is 18.2. The van der Waals surface area contributed by atoms with Crippen molar-refractivity contribution in [3.05, 3.63) is 11.3 Å². The molecule has 0 aliphatic carbocycles. The first-order valence-corrected chi connectivity index (χ1v) is 18.2. The fourth-order valence-electron chi connectivity index (χ4n) is 8.67. The number of methoxy groups -OCH3 is 1. The van der Waals surface area contributed by atoms with Crippen LogP contribution < -0.4 is 0 Å². The van der Waals surface area contributed by atoms with Gasteiger partial charge in [-0.1, -0.05) is 27.7 Å². The van der Waals surface area contributed by atoms with E-state index in [9.17, 15) is 20.1 Å². The lowest BCUT2D eigenvalue weighted by Crippen LogP contribution is -2.60. The minimum absolute atomic E-state index is 0.183. The predicted molar refractivity (Wildman–Crippen MR) is 182 cm³/mol. The summed E-state index contributed by atoms with van der Waals surface area (Å²) in [4.78, 5) is 16.1. The number of rotatable bonds is 7. The smallest absolute Gasteiger partial charge is 0.311 e. The zero-order valence-electron chi connectivity index (χ0n) is 32.0. The Kier molecular flexibility index (Phi) is 13.0. The molecule has 49 heavy (non-hydrogen) atoms. The highest BCUT2D eigenvalue weighted by atomic mass is 16.7. The molecule has 1 unspecified atom stereocenters. The molecule has 17 atom stereocenters.